The second kappa shape index (κ2) is 5.85. The molecule has 1 saturated heterocycles. The molecule has 1 aliphatic heterocycles. The number of aliphatic hydroxyl groups excluding tert-OH is 1. The van der Waals surface area contributed by atoms with Gasteiger partial charge < -0.3 is 23.9 Å². The maximum Gasteiger partial charge on any atom is 0.214 e. The fourth-order valence-electron chi connectivity index (χ4n) is 2.45. The quantitative estimate of drug-likeness (QED) is 0.895. The molecule has 21 heavy (non-hydrogen) atoms. The number of methoxy groups -OCH3 is 1. The number of aliphatic hydroxyl groups is 1. The van der Waals surface area contributed by atoms with Crippen LogP contribution in [0.15, 0.2) is 43.0 Å². The van der Waals surface area contributed by atoms with Crippen molar-refractivity contribution in [1.29, 1.82) is 0 Å². The molecule has 0 aliphatic carbocycles. The molecule has 2 atom stereocenters. The molecule has 2 heterocycles. The summed E-state index contributed by atoms with van der Waals surface area (Å²) < 4.78 is 18.9. The smallest absolute Gasteiger partial charge is 0.214 e. The van der Waals surface area contributed by atoms with Gasteiger partial charge in [0, 0.05) is 18.0 Å². The van der Waals surface area contributed by atoms with Gasteiger partial charge in [-0.3, -0.25) is 0 Å². The summed E-state index contributed by atoms with van der Waals surface area (Å²) in [7, 11) is 1.63. The molecule has 6 heteroatoms. The molecular weight excluding hydrogens is 272 g/mol. The second-order valence-electron chi connectivity index (χ2n) is 4.95. The summed E-state index contributed by atoms with van der Waals surface area (Å²) in [6, 6.07) is 7.55. The highest BCUT2D eigenvalue weighted by Gasteiger charge is 2.43. The molecule has 1 aromatic carbocycles. The molecular formula is C15H18N2O4. The highest BCUT2D eigenvalue weighted by molar-refractivity contribution is 5.30. The van der Waals surface area contributed by atoms with Gasteiger partial charge in [-0.1, -0.05) is 0 Å². The molecule has 0 saturated carbocycles. The third-order valence-electron chi connectivity index (χ3n) is 3.54. The third-order valence-corrected chi connectivity index (χ3v) is 3.54. The molecule has 3 rings (SSSR count). The third kappa shape index (κ3) is 2.78. The van der Waals surface area contributed by atoms with Gasteiger partial charge in [0.25, 0.3) is 0 Å². The van der Waals surface area contributed by atoms with Crippen LogP contribution in [-0.4, -0.2) is 41.1 Å². The summed E-state index contributed by atoms with van der Waals surface area (Å²) in [5, 5.41) is 9.31. The first-order chi connectivity index (χ1) is 10.3. The number of imidazole rings is 1. The summed E-state index contributed by atoms with van der Waals surface area (Å²) in [6.45, 7) is 0.759. The van der Waals surface area contributed by atoms with Gasteiger partial charge in [0.2, 0.25) is 5.79 Å². The Bertz CT molecular complexity index is 570. The van der Waals surface area contributed by atoms with Crippen LogP contribution in [0.4, 0.5) is 0 Å². The minimum atomic E-state index is -0.916. The van der Waals surface area contributed by atoms with E-state index in [-0.39, 0.29) is 12.7 Å². The van der Waals surface area contributed by atoms with Crippen molar-refractivity contribution in [1.82, 2.24) is 9.55 Å². The van der Waals surface area contributed by atoms with Crippen LogP contribution in [0.3, 0.4) is 0 Å². The van der Waals surface area contributed by atoms with E-state index in [0.29, 0.717) is 13.2 Å². The minimum absolute atomic E-state index is 0.0676. The molecule has 0 bridgehead atoms. The van der Waals surface area contributed by atoms with Crippen LogP contribution in [0.5, 0.6) is 5.75 Å². The Labute approximate surface area is 122 Å². The number of hydrogen-bond acceptors (Lipinski definition) is 5. The lowest BCUT2D eigenvalue weighted by molar-refractivity contribution is -0.190. The lowest BCUT2D eigenvalue weighted by Crippen LogP contribution is -2.33. The Hall–Kier alpha value is -1.89. The zero-order valence-corrected chi connectivity index (χ0v) is 11.8. The Kier molecular flexibility index (Phi) is 3.92. The Morgan fingerprint density at radius 1 is 1.43 bits per heavy atom. The predicted molar refractivity (Wildman–Crippen MR) is 74.8 cm³/mol. The summed E-state index contributed by atoms with van der Waals surface area (Å²) in [6.07, 6.45) is 4.95. The zero-order valence-electron chi connectivity index (χ0n) is 11.8. The van der Waals surface area contributed by atoms with Gasteiger partial charge in [0.05, 0.1) is 33.2 Å². The van der Waals surface area contributed by atoms with Crippen molar-refractivity contribution in [3.8, 4) is 5.75 Å². The van der Waals surface area contributed by atoms with Crippen molar-refractivity contribution in [2.75, 3.05) is 20.3 Å². The first kappa shape index (κ1) is 14.1. The van der Waals surface area contributed by atoms with Gasteiger partial charge in [-0.05, 0) is 24.3 Å². The van der Waals surface area contributed by atoms with Crippen molar-refractivity contribution in [2.24, 2.45) is 0 Å². The van der Waals surface area contributed by atoms with Gasteiger partial charge in [0.1, 0.15) is 11.9 Å². The number of benzene rings is 1. The van der Waals surface area contributed by atoms with E-state index in [4.69, 9.17) is 14.2 Å². The second-order valence-corrected chi connectivity index (χ2v) is 4.95. The van der Waals surface area contributed by atoms with Gasteiger partial charge in [-0.15, -0.1) is 0 Å². The summed E-state index contributed by atoms with van der Waals surface area (Å²) >= 11 is 0. The lowest BCUT2D eigenvalue weighted by Gasteiger charge is -2.29. The van der Waals surface area contributed by atoms with Crippen LogP contribution in [0.2, 0.25) is 0 Å². The topological polar surface area (TPSA) is 65.7 Å². The molecule has 1 aliphatic rings. The highest BCUT2D eigenvalue weighted by atomic mass is 16.7. The zero-order chi connectivity index (χ0) is 14.7. The maximum absolute atomic E-state index is 9.31. The standard InChI is InChI=1S/C15H18N2O4/c1-19-13-4-2-12(3-5-13)15(10-17-7-6-16-11-17)20-9-14(8-18)21-15/h2-7,11,14,18H,8-10H2,1H3/t14-,15+/m1/s1. The number of ether oxygens (including phenoxy) is 3. The van der Waals surface area contributed by atoms with Crippen LogP contribution >= 0.6 is 0 Å². The molecule has 6 nitrogen and oxygen atoms in total. The maximum atomic E-state index is 9.31. The number of rotatable bonds is 5. The molecule has 0 amide bonds. The fourth-order valence-corrected chi connectivity index (χ4v) is 2.45. The summed E-state index contributed by atoms with van der Waals surface area (Å²) in [5.74, 6) is -0.145. The van der Waals surface area contributed by atoms with E-state index in [1.54, 1.807) is 19.6 Å². The Morgan fingerprint density at radius 3 is 2.81 bits per heavy atom. The van der Waals surface area contributed by atoms with E-state index in [0.717, 1.165) is 11.3 Å². The number of hydrogen-bond donors (Lipinski definition) is 1. The average molecular weight is 290 g/mol. The molecule has 0 unspecified atom stereocenters. The lowest BCUT2D eigenvalue weighted by atomic mass is 10.1. The average Bonchev–Trinajstić information content (AvgIpc) is 3.18. The SMILES string of the molecule is COc1ccc([C@@]2(Cn3ccnc3)OC[C@@H](CO)O2)cc1. The minimum Gasteiger partial charge on any atom is -0.497 e. The van der Waals surface area contributed by atoms with Crippen LogP contribution in [0.1, 0.15) is 5.56 Å². The van der Waals surface area contributed by atoms with Gasteiger partial charge in [0.15, 0.2) is 0 Å². The first-order valence-electron chi connectivity index (χ1n) is 6.78. The molecule has 1 fully saturated rings. The van der Waals surface area contributed by atoms with E-state index in [1.807, 2.05) is 35.0 Å². The molecule has 0 radical (unpaired) electrons. The Balaban J connectivity index is 1.91. The molecule has 1 aromatic heterocycles. The van der Waals surface area contributed by atoms with Crippen LogP contribution in [-0.2, 0) is 21.8 Å². The monoisotopic (exact) mass is 290 g/mol. The van der Waals surface area contributed by atoms with Crippen molar-refractivity contribution < 1.29 is 19.3 Å². The number of aromatic nitrogens is 2. The van der Waals surface area contributed by atoms with E-state index in [9.17, 15) is 5.11 Å². The highest BCUT2D eigenvalue weighted by Crippen LogP contribution is 2.36. The van der Waals surface area contributed by atoms with Crippen molar-refractivity contribution in [3.63, 3.8) is 0 Å². The number of nitrogens with zero attached hydrogens (tertiary/aromatic N) is 2. The molecule has 0 spiro atoms. The largest absolute Gasteiger partial charge is 0.497 e. The fraction of sp³-hybridized carbons (Fsp3) is 0.400. The molecule has 2 aromatic rings. The molecule has 112 valence electrons. The van der Waals surface area contributed by atoms with Crippen molar-refractivity contribution in [3.05, 3.63) is 48.5 Å². The Morgan fingerprint density at radius 2 is 2.24 bits per heavy atom. The van der Waals surface area contributed by atoms with E-state index < -0.39 is 5.79 Å². The van der Waals surface area contributed by atoms with Gasteiger partial charge in [-0.2, -0.15) is 0 Å². The van der Waals surface area contributed by atoms with E-state index >= 15 is 0 Å². The first-order valence-corrected chi connectivity index (χ1v) is 6.78. The molecule has 1 N–H and O–H groups in total. The van der Waals surface area contributed by atoms with Crippen molar-refractivity contribution >= 4 is 0 Å². The van der Waals surface area contributed by atoms with Crippen LogP contribution in [0.25, 0.3) is 0 Å². The van der Waals surface area contributed by atoms with Gasteiger partial charge >= 0.3 is 0 Å². The van der Waals surface area contributed by atoms with E-state index in [1.165, 1.54) is 0 Å². The van der Waals surface area contributed by atoms with Crippen molar-refractivity contribution in [2.45, 2.75) is 18.4 Å². The van der Waals surface area contributed by atoms with Crippen LogP contribution in [0, 0.1) is 0 Å². The van der Waals surface area contributed by atoms with E-state index in [2.05, 4.69) is 4.98 Å². The summed E-state index contributed by atoms with van der Waals surface area (Å²) in [4.78, 5) is 4.04. The van der Waals surface area contributed by atoms with Gasteiger partial charge in [-0.25, -0.2) is 4.98 Å². The normalized spacial score (nSPS) is 25.1. The predicted octanol–water partition coefficient (Wildman–Crippen LogP) is 1.15. The van der Waals surface area contributed by atoms with Crippen LogP contribution < -0.4 is 4.74 Å². The summed E-state index contributed by atoms with van der Waals surface area (Å²) in [5.41, 5.74) is 0.882.